The van der Waals surface area contributed by atoms with Gasteiger partial charge in [0.15, 0.2) is 4.77 Å². The Morgan fingerprint density at radius 3 is 2.57 bits per heavy atom. The van der Waals surface area contributed by atoms with Crippen molar-refractivity contribution in [2.75, 3.05) is 26.2 Å². The SMILES string of the molecule is O=S(=O)(c1ccc2c(c1)CCC2)N1CCN(Cn2ncn(C3CC3)c2=S)CC1. The first-order valence-electron chi connectivity index (χ1n) is 10.0. The molecule has 0 amide bonds. The fourth-order valence-corrected chi connectivity index (χ4v) is 5.98. The molecule has 150 valence electrons. The number of piperazine rings is 1. The van der Waals surface area contributed by atoms with Crippen LogP contribution < -0.4 is 0 Å². The summed E-state index contributed by atoms with van der Waals surface area (Å²) in [5, 5.41) is 4.42. The number of aryl methyl sites for hydroxylation is 2. The van der Waals surface area contributed by atoms with E-state index in [1.165, 1.54) is 24.0 Å². The van der Waals surface area contributed by atoms with Crippen molar-refractivity contribution in [2.45, 2.75) is 49.7 Å². The molecule has 7 nitrogen and oxygen atoms in total. The summed E-state index contributed by atoms with van der Waals surface area (Å²) in [7, 11) is -3.43. The molecule has 0 radical (unpaired) electrons. The van der Waals surface area contributed by atoms with Gasteiger partial charge >= 0.3 is 0 Å². The lowest BCUT2D eigenvalue weighted by Gasteiger charge is -2.33. The number of fused-ring (bicyclic) bond motifs is 1. The molecule has 2 aliphatic carbocycles. The maximum Gasteiger partial charge on any atom is 0.243 e. The Morgan fingerprint density at radius 1 is 1.07 bits per heavy atom. The lowest BCUT2D eigenvalue weighted by Crippen LogP contribution is -2.48. The monoisotopic (exact) mass is 419 g/mol. The van der Waals surface area contributed by atoms with E-state index < -0.39 is 10.0 Å². The average Bonchev–Trinajstić information content (AvgIpc) is 3.32. The summed E-state index contributed by atoms with van der Waals surface area (Å²) < 4.78 is 32.4. The van der Waals surface area contributed by atoms with Crippen molar-refractivity contribution in [1.82, 2.24) is 23.6 Å². The van der Waals surface area contributed by atoms with Gasteiger partial charge in [-0.3, -0.25) is 4.90 Å². The van der Waals surface area contributed by atoms with Crippen LogP contribution in [0, 0.1) is 4.77 Å². The van der Waals surface area contributed by atoms with Crippen molar-refractivity contribution in [2.24, 2.45) is 0 Å². The Hall–Kier alpha value is -1.55. The Morgan fingerprint density at radius 2 is 1.82 bits per heavy atom. The molecule has 1 aromatic carbocycles. The Balaban J connectivity index is 1.24. The average molecular weight is 420 g/mol. The van der Waals surface area contributed by atoms with Crippen LogP contribution in [-0.2, 0) is 29.5 Å². The van der Waals surface area contributed by atoms with Crippen molar-refractivity contribution in [1.29, 1.82) is 0 Å². The van der Waals surface area contributed by atoms with E-state index in [9.17, 15) is 8.42 Å². The Kier molecular flexibility index (Phi) is 4.65. The molecule has 1 saturated heterocycles. The predicted octanol–water partition coefficient (Wildman–Crippen LogP) is 2.20. The maximum atomic E-state index is 13.1. The van der Waals surface area contributed by atoms with E-state index in [2.05, 4.69) is 14.6 Å². The highest BCUT2D eigenvalue weighted by atomic mass is 32.2. The normalized spacial score (nSPS) is 21.1. The minimum atomic E-state index is -3.43. The fourth-order valence-electron chi connectivity index (χ4n) is 4.21. The lowest BCUT2D eigenvalue weighted by molar-refractivity contribution is 0.144. The van der Waals surface area contributed by atoms with Crippen LogP contribution in [0.3, 0.4) is 0 Å². The van der Waals surface area contributed by atoms with Crippen molar-refractivity contribution in [3.05, 3.63) is 40.4 Å². The van der Waals surface area contributed by atoms with E-state index >= 15 is 0 Å². The molecule has 2 fully saturated rings. The number of benzene rings is 1. The van der Waals surface area contributed by atoms with E-state index in [0.29, 0.717) is 43.8 Å². The summed E-state index contributed by atoms with van der Waals surface area (Å²) in [5.74, 6) is 0. The molecule has 1 aromatic heterocycles. The van der Waals surface area contributed by atoms with Crippen LogP contribution in [0.1, 0.15) is 36.4 Å². The molecule has 0 spiro atoms. The van der Waals surface area contributed by atoms with E-state index in [0.717, 1.165) is 24.0 Å². The quantitative estimate of drug-likeness (QED) is 0.696. The zero-order chi connectivity index (χ0) is 19.3. The van der Waals surface area contributed by atoms with Crippen molar-refractivity contribution in [3.63, 3.8) is 0 Å². The number of sulfonamides is 1. The first-order chi connectivity index (χ1) is 13.5. The summed E-state index contributed by atoms with van der Waals surface area (Å²) in [6.45, 7) is 2.97. The summed E-state index contributed by atoms with van der Waals surface area (Å²) in [4.78, 5) is 2.65. The van der Waals surface area contributed by atoms with Gasteiger partial charge < -0.3 is 4.57 Å². The van der Waals surface area contributed by atoms with E-state index in [4.69, 9.17) is 12.2 Å². The molecule has 9 heteroatoms. The second-order valence-electron chi connectivity index (χ2n) is 8.00. The third kappa shape index (κ3) is 3.34. The smallest absolute Gasteiger partial charge is 0.243 e. The van der Waals surface area contributed by atoms with Gasteiger partial charge in [0.1, 0.15) is 6.33 Å². The topological polar surface area (TPSA) is 63.4 Å². The fraction of sp³-hybridized carbons (Fsp3) is 0.579. The van der Waals surface area contributed by atoms with E-state index in [-0.39, 0.29) is 0 Å². The van der Waals surface area contributed by atoms with Crippen LogP contribution in [0.5, 0.6) is 0 Å². The number of hydrogen-bond donors (Lipinski definition) is 0. The van der Waals surface area contributed by atoms with Gasteiger partial charge in [-0.15, -0.1) is 0 Å². The highest BCUT2D eigenvalue weighted by Gasteiger charge is 2.30. The number of nitrogens with zero attached hydrogens (tertiary/aromatic N) is 5. The second kappa shape index (κ2) is 7.05. The van der Waals surface area contributed by atoms with E-state index in [1.807, 2.05) is 23.1 Å². The van der Waals surface area contributed by atoms with E-state index in [1.54, 1.807) is 10.4 Å². The number of hydrogen-bond acceptors (Lipinski definition) is 5. The van der Waals surface area contributed by atoms with Crippen LogP contribution in [0.2, 0.25) is 0 Å². The molecule has 1 saturated carbocycles. The van der Waals surface area contributed by atoms with Gasteiger partial charge in [0.2, 0.25) is 10.0 Å². The predicted molar refractivity (Wildman–Crippen MR) is 108 cm³/mol. The standard InChI is InChI=1S/C19H25N5O2S2/c25-28(26,18-7-4-15-2-1-3-16(15)12-18)22-10-8-21(9-11-22)14-24-19(27)23(13-20-24)17-5-6-17/h4,7,12-13,17H,1-3,5-6,8-11,14H2. The van der Waals surface area contributed by atoms with Crippen molar-refractivity contribution in [3.8, 4) is 0 Å². The molecular formula is C19H25N5O2S2. The molecule has 0 bridgehead atoms. The van der Waals surface area contributed by atoms with Gasteiger partial charge in [-0.25, -0.2) is 13.1 Å². The Bertz CT molecular complexity index is 1050. The molecule has 0 unspecified atom stereocenters. The summed E-state index contributed by atoms with van der Waals surface area (Å²) in [6, 6.07) is 6.17. The van der Waals surface area contributed by atoms with Gasteiger partial charge in [0.25, 0.3) is 0 Å². The van der Waals surface area contributed by atoms with Gasteiger partial charge in [-0.05, 0) is 67.6 Å². The highest BCUT2D eigenvalue weighted by Crippen LogP contribution is 2.34. The molecule has 0 atom stereocenters. The molecule has 28 heavy (non-hydrogen) atoms. The first-order valence-corrected chi connectivity index (χ1v) is 11.9. The van der Waals surface area contributed by atoms with Gasteiger partial charge in [-0.1, -0.05) is 6.07 Å². The van der Waals surface area contributed by atoms with Crippen LogP contribution >= 0.6 is 12.2 Å². The van der Waals surface area contributed by atoms with Crippen LogP contribution in [0.4, 0.5) is 0 Å². The molecule has 1 aliphatic heterocycles. The minimum Gasteiger partial charge on any atom is -0.303 e. The highest BCUT2D eigenvalue weighted by molar-refractivity contribution is 7.89. The number of rotatable bonds is 5. The van der Waals surface area contributed by atoms with Crippen LogP contribution in [0.15, 0.2) is 29.4 Å². The molecular weight excluding hydrogens is 394 g/mol. The summed E-state index contributed by atoms with van der Waals surface area (Å²) >= 11 is 5.53. The van der Waals surface area contributed by atoms with Crippen LogP contribution in [0.25, 0.3) is 0 Å². The largest absolute Gasteiger partial charge is 0.303 e. The minimum absolute atomic E-state index is 0.437. The summed E-state index contributed by atoms with van der Waals surface area (Å²) in [6.07, 6.45) is 7.36. The van der Waals surface area contributed by atoms with Gasteiger partial charge in [0, 0.05) is 32.2 Å². The van der Waals surface area contributed by atoms with Gasteiger partial charge in [0.05, 0.1) is 11.6 Å². The summed E-state index contributed by atoms with van der Waals surface area (Å²) in [5.41, 5.74) is 2.49. The van der Waals surface area contributed by atoms with Crippen molar-refractivity contribution >= 4 is 22.2 Å². The molecule has 2 aromatic rings. The Labute approximate surface area is 170 Å². The third-order valence-corrected chi connectivity index (χ3v) is 8.39. The molecule has 3 aliphatic rings. The molecule has 5 rings (SSSR count). The zero-order valence-electron chi connectivity index (χ0n) is 15.8. The van der Waals surface area contributed by atoms with Gasteiger partial charge in [-0.2, -0.15) is 9.40 Å². The molecule has 0 N–H and O–H groups in total. The molecule has 2 heterocycles. The van der Waals surface area contributed by atoms with Crippen LogP contribution in [-0.4, -0.2) is 58.1 Å². The van der Waals surface area contributed by atoms with Crippen molar-refractivity contribution < 1.29 is 8.42 Å². The maximum absolute atomic E-state index is 13.1. The first kappa shape index (κ1) is 18.5. The number of aromatic nitrogens is 3. The lowest BCUT2D eigenvalue weighted by atomic mass is 10.1. The second-order valence-corrected chi connectivity index (χ2v) is 10.3. The zero-order valence-corrected chi connectivity index (χ0v) is 17.5. The third-order valence-electron chi connectivity index (χ3n) is 6.07.